The number of rotatable bonds is 5. The van der Waals surface area contributed by atoms with E-state index in [1.165, 1.54) is 0 Å². The van der Waals surface area contributed by atoms with Gasteiger partial charge in [0, 0.05) is 44.8 Å². The summed E-state index contributed by atoms with van der Waals surface area (Å²) in [6, 6.07) is 13.7. The number of sulfonamides is 1. The largest absolute Gasteiger partial charge is 0.495 e. The van der Waals surface area contributed by atoms with E-state index in [2.05, 4.69) is 17.9 Å². The van der Waals surface area contributed by atoms with E-state index in [0.29, 0.717) is 62.1 Å². The van der Waals surface area contributed by atoms with Crippen LogP contribution in [0.15, 0.2) is 47.4 Å². The van der Waals surface area contributed by atoms with E-state index in [0.717, 1.165) is 18.5 Å². The lowest BCUT2D eigenvalue weighted by atomic mass is 10.0. The van der Waals surface area contributed by atoms with Crippen LogP contribution in [0.25, 0.3) is 0 Å². The molecule has 9 heteroatoms. The number of carbonyl (C=O) groups is 1. The summed E-state index contributed by atoms with van der Waals surface area (Å²) in [6.07, 6.45) is 1.92. The zero-order valence-corrected chi connectivity index (χ0v) is 20.4. The van der Waals surface area contributed by atoms with Crippen molar-refractivity contribution >= 4 is 21.6 Å². The zero-order valence-electron chi connectivity index (χ0n) is 19.6. The summed E-state index contributed by atoms with van der Waals surface area (Å²) in [5, 5.41) is 8.95. The van der Waals surface area contributed by atoms with Crippen molar-refractivity contribution in [1.29, 1.82) is 5.26 Å². The molecule has 0 bridgehead atoms. The first-order chi connectivity index (χ1) is 16.3. The fraction of sp³-hybridized carbons (Fsp3) is 0.440. The lowest BCUT2D eigenvalue weighted by Gasteiger charge is -2.37. The number of carbonyl (C=O) groups excluding carboxylic acids is 1. The lowest BCUT2D eigenvalue weighted by Crippen LogP contribution is -2.49. The number of nitrogens with zero attached hydrogens (tertiary/aromatic N) is 4. The number of hydrogen-bond acceptors (Lipinski definition) is 6. The minimum Gasteiger partial charge on any atom is -0.495 e. The Labute approximate surface area is 201 Å². The smallest absolute Gasteiger partial charge is 0.253 e. The van der Waals surface area contributed by atoms with Gasteiger partial charge in [0.15, 0.2) is 0 Å². The number of benzene rings is 2. The first kappa shape index (κ1) is 24.0. The molecule has 34 heavy (non-hydrogen) atoms. The molecule has 1 atom stereocenters. The van der Waals surface area contributed by atoms with E-state index in [-0.39, 0.29) is 10.8 Å². The molecule has 2 aromatic rings. The van der Waals surface area contributed by atoms with Crippen molar-refractivity contribution in [1.82, 2.24) is 9.21 Å². The Bertz CT molecular complexity index is 1180. The summed E-state index contributed by atoms with van der Waals surface area (Å²) in [7, 11) is -2.01. The molecule has 180 valence electrons. The molecule has 8 nitrogen and oxygen atoms in total. The molecule has 1 unspecified atom stereocenters. The second kappa shape index (κ2) is 10.0. The van der Waals surface area contributed by atoms with Crippen molar-refractivity contribution in [3.05, 3.63) is 53.6 Å². The van der Waals surface area contributed by atoms with Gasteiger partial charge in [0.2, 0.25) is 10.0 Å². The minimum atomic E-state index is -3.58. The Morgan fingerprint density at radius 1 is 1.06 bits per heavy atom. The van der Waals surface area contributed by atoms with Crippen LogP contribution in [-0.4, -0.2) is 69.9 Å². The van der Waals surface area contributed by atoms with Gasteiger partial charge in [-0.1, -0.05) is 6.92 Å². The summed E-state index contributed by atoms with van der Waals surface area (Å²) in [6.45, 7) is 5.29. The topological polar surface area (TPSA) is 94.0 Å². The summed E-state index contributed by atoms with van der Waals surface area (Å²) in [5.74, 6) is 0.882. The van der Waals surface area contributed by atoms with Gasteiger partial charge in [0.05, 0.1) is 29.3 Å². The molecule has 0 aliphatic carbocycles. The van der Waals surface area contributed by atoms with E-state index in [1.807, 2.05) is 0 Å². The fourth-order valence-electron chi connectivity index (χ4n) is 4.61. The Morgan fingerprint density at radius 3 is 2.38 bits per heavy atom. The molecule has 2 aromatic carbocycles. The monoisotopic (exact) mass is 482 g/mol. The highest BCUT2D eigenvalue weighted by atomic mass is 32.2. The molecule has 2 aliphatic rings. The van der Waals surface area contributed by atoms with Gasteiger partial charge in [-0.05, 0) is 61.2 Å². The number of anilines is 1. The number of ether oxygens (including phenoxy) is 1. The van der Waals surface area contributed by atoms with Gasteiger partial charge in [0.1, 0.15) is 5.75 Å². The first-order valence-corrected chi connectivity index (χ1v) is 13.0. The number of hydrogen-bond donors (Lipinski definition) is 0. The maximum atomic E-state index is 13.3. The van der Waals surface area contributed by atoms with Crippen LogP contribution in [0.1, 0.15) is 35.7 Å². The molecule has 0 spiro atoms. The SMILES string of the molecule is COc1ccc(S(=O)(=O)N2CCCC(C)C2)cc1N1CCN(C(=O)c2ccc(C#N)cc2)CC1. The van der Waals surface area contributed by atoms with Crippen LogP contribution >= 0.6 is 0 Å². The van der Waals surface area contributed by atoms with Gasteiger partial charge < -0.3 is 14.5 Å². The molecule has 4 rings (SSSR count). The Balaban J connectivity index is 1.50. The van der Waals surface area contributed by atoms with E-state index in [1.54, 1.807) is 58.8 Å². The minimum absolute atomic E-state index is 0.0772. The van der Waals surface area contributed by atoms with Gasteiger partial charge in [-0.15, -0.1) is 0 Å². The fourth-order valence-corrected chi connectivity index (χ4v) is 6.23. The quantitative estimate of drug-likeness (QED) is 0.651. The highest BCUT2D eigenvalue weighted by Crippen LogP contribution is 2.33. The zero-order chi connectivity index (χ0) is 24.3. The van der Waals surface area contributed by atoms with Crippen molar-refractivity contribution in [2.75, 3.05) is 51.3 Å². The number of methoxy groups -OCH3 is 1. The number of piperazine rings is 1. The van der Waals surface area contributed by atoms with Gasteiger partial charge in [0.25, 0.3) is 5.91 Å². The third-order valence-corrected chi connectivity index (χ3v) is 8.44. The molecular weight excluding hydrogens is 452 g/mol. The van der Waals surface area contributed by atoms with Crippen LogP contribution in [0.3, 0.4) is 0 Å². The number of piperidine rings is 1. The summed E-state index contributed by atoms with van der Waals surface area (Å²) >= 11 is 0. The highest BCUT2D eigenvalue weighted by molar-refractivity contribution is 7.89. The second-order valence-corrected chi connectivity index (χ2v) is 10.9. The Morgan fingerprint density at radius 2 is 1.76 bits per heavy atom. The van der Waals surface area contributed by atoms with Crippen molar-refractivity contribution in [2.24, 2.45) is 5.92 Å². The van der Waals surface area contributed by atoms with Crippen LogP contribution in [0, 0.1) is 17.2 Å². The Hall–Kier alpha value is -3.09. The molecular formula is C25H30N4O4S. The maximum Gasteiger partial charge on any atom is 0.253 e. The van der Waals surface area contributed by atoms with E-state index in [9.17, 15) is 13.2 Å². The average Bonchev–Trinajstić information content (AvgIpc) is 2.88. The highest BCUT2D eigenvalue weighted by Gasteiger charge is 2.30. The van der Waals surface area contributed by atoms with Crippen LogP contribution in [0.2, 0.25) is 0 Å². The van der Waals surface area contributed by atoms with Crippen molar-refractivity contribution in [3.63, 3.8) is 0 Å². The van der Waals surface area contributed by atoms with Gasteiger partial charge in [-0.3, -0.25) is 4.79 Å². The summed E-state index contributed by atoms with van der Waals surface area (Å²) < 4.78 is 33.7. The Kier molecular flexibility index (Phi) is 7.10. The normalized spacial score (nSPS) is 19.5. The number of nitriles is 1. The maximum absolute atomic E-state index is 13.3. The predicted octanol–water partition coefficient (Wildman–Crippen LogP) is 2.95. The van der Waals surface area contributed by atoms with Gasteiger partial charge >= 0.3 is 0 Å². The van der Waals surface area contributed by atoms with Gasteiger partial charge in [-0.2, -0.15) is 9.57 Å². The molecule has 2 fully saturated rings. The lowest BCUT2D eigenvalue weighted by molar-refractivity contribution is 0.0746. The third kappa shape index (κ3) is 4.88. The molecule has 2 saturated heterocycles. The van der Waals surface area contributed by atoms with Crippen LogP contribution in [0.4, 0.5) is 5.69 Å². The standard InChI is InChI=1S/C25H30N4O4S/c1-19-4-3-11-29(18-19)34(31,32)22-9-10-24(33-2)23(16-22)27-12-14-28(15-13-27)25(30)21-7-5-20(17-26)6-8-21/h5-10,16,19H,3-4,11-15,18H2,1-2H3. The molecule has 0 radical (unpaired) electrons. The van der Waals surface area contributed by atoms with Crippen LogP contribution in [-0.2, 0) is 10.0 Å². The average molecular weight is 483 g/mol. The molecule has 0 saturated carbocycles. The van der Waals surface area contributed by atoms with Crippen LogP contribution < -0.4 is 9.64 Å². The van der Waals surface area contributed by atoms with Crippen LogP contribution in [0.5, 0.6) is 5.75 Å². The molecule has 2 aliphatic heterocycles. The predicted molar refractivity (Wildman–Crippen MR) is 129 cm³/mol. The van der Waals surface area contributed by atoms with Crippen molar-refractivity contribution in [3.8, 4) is 11.8 Å². The van der Waals surface area contributed by atoms with E-state index < -0.39 is 10.0 Å². The molecule has 2 heterocycles. The summed E-state index contributed by atoms with van der Waals surface area (Å²) in [4.78, 5) is 17.0. The van der Waals surface area contributed by atoms with E-state index >= 15 is 0 Å². The van der Waals surface area contributed by atoms with Crippen molar-refractivity contribution < 1.29 is 17.9 Å². The second-order valence-electron chi connectivity index (χ2n) is 8.91. The first-order valence-electron chi connectivity index (χ1n) is 11.6. The number of amides is 1. The summed E-state index contributed by atoms with van der Waals surface area (Å²) in [5.41, 5.74) is 1.79. The van der Waals surface area contributed by atoms with E-state index in [4.69, 9.17) is 10.00 Å². The molecule has 0 N–H and O–H groups in total. The van der Waals surface area contributed by atoms with Gasteiger partial charge in [-0.25, -0.2) is 8.42 Å². The third-order valence-electron chi connectivity index (χ3n) is 6.58. The van der Waals surface area contributed by atoms with Crippen molar-refractivity contribution in [2.45, 2.75) is 24.7 Å². The molecule has 1 amide bonds. The molecule has 0 aromatic heterocycles.